The van der Waals surface area contributed by atoms with Crippen LogP contribution in [0.2, 0.25) is 0 Å². The second-order valence-corrected chi connectivity index (χ2v) is 7.62. The van der Waals surface area contributed by atoms with Crippen molar-refractivity contribution in [2.24, 2.45) is 0 Å². The summed E-state index contributed by atoms with van der Waals surface area (Å²) in [7, 11) is 0. The van der Waals surface area contributed by atoms with Crippen molar-refractivity contribution in [2.75, 3.05) is 6.61 Å². The van der Waals surface area contributed by atoms with E-state index in [4.69, 9.17) is 0 Å². The first-order valence-corrected chi connectivity index (χ1v) is 8.49. The molecule has 1 atom stereocenters. The van der Waals surface area contributed by atoms with Crippen LogP contribution in [-0.4, -0.2) is 11.7 Å². The van der Waals surface area contributed by atoms with Crippen LogP contribution in [0.4, 0.5) is 0 Å². The number of aliphatic hydroxyl groups excluding tert-OH is 1. The standard InChI is InChI=1S/C14H14OS3/c15-8-7-14(13-4-2-10-17-13)6-5-12(18-14)11-3-1-9-16-11/h1-5,9-10,15H,6-8H2. The summed E-state index contributed by atoms with van der Waals surface area (Å²) in [6.07, 6.45) is 4.17. The highest BCUT2D eigenvalue weighted by molar-refractivity contribution is 8.09. The van der Waals surface area contributed by atoms with Gasteiger partial charge in [0.05, 0.1) is 4.75 Å². The largest absolute Gasteiger partial charge is 0.396 e. The van der Waals surface area contributed by atoms with Crippen molar-refractivity contribution in [3.05, 3.63) is 50.9 Å². The van der Waals surface area contributed by atoms with Crippen LogP contribution < -0.4 is 0 Å². The van der Waals surface area contributed by atoms with E-state index in [9.17, 15) is 5.11 Å². The Bertz CT molecular complexity index is 527. The Morgan fingerprint density at radius 1 is 1.17 bits per heavy atom. The third-order valence-corrected chi connectivity index (χ3v) is 7.00. The minimum Gasteiger partial charge on any atom is -0.396 e. The van der Waals surface area contributed by atoms with Crippen LogP contribution in [0.5, 0.6) is 0 Å². The minimum atomic E-state index is 0.0578. The van der Waals surface area contributed by atoms with Crippen molar-refractivity contribution in [3.8, 4) is 0 Å². The molecule has 0 aromatic carbocycles. The Morgan fingerprint density at radius 2 is 2.00 bits per heavy atom. The molecule has 0 aliphatic carbocycles. The molecule has 0 saturated carbocycles. The molecule has 1 aliphatic heterocycles. The van der Waals surface area contributed by atoms with Crippen molar-refractivity contribution in [1.29, 1.82) is 0 Å². The number of hydrogen-bond donors (Lipinski definition) is 1. The molecule has 4 heteroatoms. The van der Waals surface area contributed by atoms with Crippen LogP contribution in [0.3, 0.4) is 0 Å². The predicted octanol–water partition coefficient (Wildman–Crippen LogP) is 4.57. The molecule has 1 N–H and O–H groups in total. The van der Waals surface area contributed by atoms with E-state index in [1.54, 1.807) is 22.7 Å². The Kier molecular flexibility index (Phi) is 3.61. The molecule has 0 bridgehead atoms. The third-order valence-electron chi connectivity index (χ3n) is 3.17. The summed E-state index contributed by atoms with van der Waals surface area (Å²) >= 11 is 5.50. The summed E-state index contributed by atoms with van der Waals surface area (Å²) in [6, 6.07) is 8.56. The van der Waals surface area contributed by atoms with Crippen molar-refractivity contribution in [1.82, 2.24) is 0 Å². The molecule has 0 radical (unpaired) electrons. The highest BCUT2D eigenvalue weighted by Gasteiger charge is 2.38. The highest BCUT2D eigenvalue weighted by Crippen LogP contribution is 2.56. The molecule has 3 rings (SSSR count). The molecular formula is C14H14OS3. The van der Waals surface area contributed by atoms with Gasteiger partial charge < -0.3 is 5.11 Å². The number of rotatable bonds is 4. The van der Waals surface area contributed by atoms with Crippen LogP contribution in [-0.2, 0) is 4.75 Å². The minimum absolute atomic E-state index is 0.0578. The smallest absolute Gasteiger partial charge is 0.0605 e. The van der Waals surface area contributed by atoms with Crippen molar-refractivity contribution in [2.45, 2.75) is 17.6 Å². The molecule has 0 fully saturated rings. The lowest BCUT2D eigenvalue weighted by Gasteiger charge is -2.26. The van der Waals surface area contributed by atoms with Crippen molar-refractivity contribution < 1.29 is 5.11 Å². The van der Waals surface area contributed by atoms with Crippen LogP contribution in [0.15, 0.2) is 41.1 Å². The van der Waals surface area contributed by atoms with Gasteiger partial charge in [-0.1, -0.05) is 18.2 Å². The molecule has 1 nitrogen and oxygen atoms in total. The Hall–Kier alpha value is -0.550. The molecule has 0 amide bonds. The molecule has 0 spiro atoms. The molecule has 2 aromatic heterocycles. The van der Waals surface area contributed by atoms with Gasteiger partial charge in [-0.15, -0.1) is 34.4 Å². The molecule has 1 unspecified atom stereocenters. The number of hydrogen-bond acceptors (Lipinski definition) is 4. The summed E-state index contributed by atoms with van der Waals surface area (Å²) in [4.78, 5) is 4.09. The van der Waals surface area contributed by atoms with Crippen LogP contribution in [0.25, 0.3) is 4.91 Å². The van der Waals surface area contributed by atoms with Crippen LogP contribution in [0, 0.1) is 0 Å². The van der Waals surface area contributed by atoms with Crippen LogP contribution in [0.1, 0.15) is 22.6 Å². The van der Waals surface area contributed by atoms with Gasteiger partial charge in [0, 0.05) is 21.3 Å². The Balaban J connectivity index is 1.88. The highest BCUT2D eigenvalue weighted by atomic mass is 32.2. The van der Waals surface area contributed by atoms with Gasteiger partial charge in [0.25, 0.3) is 0 Å². The maximum Gasteiger partial charge on any atom is 0.0605 e. The lowest BCUT2D eigenvalue weighted by molar-refractivity contribution is 0.270. The van der Waals surface area contributed by atoms with Gasteiger partial charge in [-0.3, -0.25) is 0 Å². The summed E-state index contributed by atoms with van der Waals surface area (Å²) in [5.41, 5.74) is 0. The molecule has 1 aliphatic rings. The van der Waals surface area contributed by atoms with E-state index in [0.29, 0.717) is 0 Å². The second-order valence-electron chi connectivity index (χ2n) is 4.30. The summed E-state index contributed by atoms with van der Waals surface area (Å²) < 4.78 is 0.0578. The van der Waals surface area contributed by atoms with E-state index in [2.05, 4.69) is 41.1 Å². The number of aliphatic hydroxyl groups is 1. The van der Waals surface area contributed by atoms with Gasteiger partial charge in [-0.05, 0) is 35.7 Å². The van der Waals surface area contributed by atoms with E-state index >= 15 is 0 Å². The Labute approximate surface area is 119 Å². The first-order chi connectivity index (χ1) is 8.84. The first-order valence-electron chi connectivity index (χ1n) is 5.92. The number of thiophene rings is 2. The summed E-state index contributed by atoms with van der Waals surface area (Å²) in [5.74, 6) is 0. The molecule has 3 heterocycles. The van der Waals surface area contributed by atoms with Crippen molar-refractivity contribution >= 4 is 39.3 Å². The van der Waals surface area contributed by atoms with E-state index < -0.39 is 0 Å². The zero-order valence-corrected chi connectivity index (χ0v) is 12.3. The van der Waals surface area contributed by atoms with Gasteiger partial charge in [-0.2, -0.15) is 0 Å². The van der Waals surface area contributed by atoms with Gasteiger partial charge >= 0.3 is 0 Å². The van der Waals surface area contributed by atoms with Gasteiger partial charge in [-0.25, -0.2) is 0 Å². The molecule has 0 saturated heterocycles. The fourth-order valence-electron chi connectivity index (χ4n) is 2.27. The fraction of sp³-hybridized carbons (Fsp3) is 0.286. The molecule has 94 valence electrons. The average Bonchev–Trinajstić information content (AvgIpc) is 3.12. The quantitative estimate of drug-likeness (QED) is 0.891. The Morgan fingerprint density at radius 3 is 2.67 bits per heavy atom. The average molecular weight is 294 g/mol. The first kappa shape index (κ1) is 12.5. The van der Waals surface area contributed by atoms with E-state index in [1.165, 1.54) is 14.7 Å². The maximum atomic E-state index is 9.38. The zero-order chi connectivity index (χ0) is 12.4. The van der Waals surface area contributed by atoms with E-state index in [-0.39, 0.29) is 11.4 Å². The lowest BCUT2D eigenvalue weighted by atomic mass is 9.98. The normalized spacial score (nSPS) is 23.3. The summed E-state index contributed by atoms with van der Waals surface area (Å²) in [6.45, 7) is 0.246. The molecular weight excluding hydrogens is 280 g/mol. The topological polar surface area (TPSA) is 20.2 Å². The predicted molar refractivity (Wildman–Crippen MR) is 82.2 cm³/mol. The molecule has 2 aromatic rings. The monoisotopic (exact) mass is 294 g/mol. The maximum absolute atomic E-state index is 9.38. The van der Waals surface area contributed by atoms with Gasteiger partial charge in [0.1, 0.15) is 0 Å². The third kappa shape index (κ3) is 2.18. The zero-order valence-electron chi connectivity index (χ0n) is 9.83. The van der Waals surface area contributed by atoms with Crippen LogP contribution >= 0.6 is 34.4 Å². The second kappa shape index (κ2) is 5.21. The number of allylic oxidation sites excluding steroid dienone is 1. The SMILES string of the molecule is OCCC1(c2cccs2)CC=C(c2cccs2)S1. The molecule has 18 heavy (non-hydrogen) atoms. The van der Waals surface area contributed by atoms with Gasteiger partial charge in [0.15, 0.2) is 0 Å². The van der Waals surface area contributed by atoms with E-state index in [0.717, 1.165) is 12.8 Å². The summed E-state index contributed by atoms with van der Waals surface area (Å²) in [5, 5.41) is 13.6. The van der Waals surface area contributed by atoms with Crippen molar-refractivity contribution in [3.63, 3.8) is 0 Å². The van der Waals surface area contributed by atoms with Gasteiger partial charge in [0.2, 0.25) is 0 Å². The fourth-order valence-corrected chi connectivity index (χ4v) is 5.61. The number of thioether (sulfide) groups is 1. The lowest BCUT2D eigenvalue weighted by Crippen LogP contribution is -2.18. The van der Waals surface area contributed by atoms with E-state index in [1.807, 2.05) is 11.8 Å².